The Kier molecular flexibility index (Phi) is 2.86. The molecule has 1 aliphatic rings. The normalized spacial score (nSPS) is 18.3. The van der Waals surface area contributed by atoms with E-state index in [1.807, 2.05) is 36.4 Å². The molecular weight excluding hydrogens is 230 g/mol. The van der Waals surface area contributed by atoms with Gasteiger partial charge in [-0.2, -0.15) is 0 Å². The van der Waals surface area contributed by atoms with Crippen molar-refractivity contribution >= 4 is 17.0 Å². The summed E-state index contributed by atoms with van der Waals surface area (Å²) in [6.45, 7) is 1.29. The molecule has 2 aromatic rings. The lowest BCUT2D eigenvalue weighted by atomic mass is 10.0. The molecule has 1 saturated heterocycles. The maximum absolute atomic E-state index is 8.78. The molecule has 1 atom stereocenters. The molecule has 1 aliphatic heterocycles. The number of oxime groups is 1. The van der Waals surface area contributed by atoms with Crippen LogP contribution in [0.2, 0.25) is 0 Å². The van der Waals surface area contributed by atoms with Gasteiger partial charge < -0.3 is 14.7 Å². The smallest absolute Gasteiger partial charge is 0.128 e. The van der Waals surface area contributed by atoms with E-state index in [4.69, 9.17) is 14.7 Å². The molecule has 1 fully saturated rings. The zero-order valence-corrected chi connectivity index (χ0v) is 9.74. The molecular formula is C14H13NO3. The molecule has 0 radical (unpaired) electrons. The minimum Gasteiger partial charge on any atom is -0.490 e. The van der Waals surface area contributed by atoms with E-state index in [9.17, 15) is 0 Å². The van der Waals surface area contributed by atoms with E-state index in [1.54, 1.807) is 0 Å². The van der Waals surface area contributed by atoms with Gasteiger partial charge in [-0.1, -0.05) is 35.5 Å². The van der Waals surface area contributed by atoms with Gasteiger partial charge in [0.25, 0.3) is 0 Å². The van der Waals surface area contributed by atoms with Crippen LogP contribution in [0.1, 0.15) is 5.56 Å². The monoisotopic (exact) mass is 243 g/mol. The Bertz CT molecular complexity index is 591. The topological polar surface area (TPSA) is 54.4 Å². The first-order chi connectivity index (χ1) is 8.88. The van der Waals surface area contributed by atoms with Gasteiger partial charge >= 0.3 is 0 Å². The highest BCUT2D eigenvalue weighted by Gasteiger charge is 2.23. The second-order valence-corrected chi connectivity index (χ2v) is 4.21. The number of epoxide rings is 1. The Labute approximate surface area is 104 Å². The summed E-state index contributed by atoms with van der Waals surface area (Å²) in [5.41, 5.74) is 0.788. The molecule has 4 heteroatoms. The van der Waals surface area contributed by atoms with Crippen LogP contribution in [0.5, 0.6) is 5.75 Å². The Morgan fingerprint density at radius 1 is 1.33 bits per heavy atom. The van der Waals surface area contributed by atoms with Gasteiger partial charge in [0.05, 0.1) is 12.8 Å². The molecule has 4 nitrogen and oxygen atoms in total. The highest BCUT2D eigenvalue weighted by atomic mass is 16.6. The fourth-order valence-corrected chi connectivity index (χ4v) is 1.94. The minimum absolute atomic E-state index is 0.204. The molecule has 92 valence electrons. The predicted molar refractivity (Wildman–Crippen MR) is 68.6 cm³/mol. The molecule has 0 amide bonds. The highest BCUT2D eigenvalue weighted by Crippen LogP contribution is 2.27. The van der Waals surface area contributed by atoms with Crippen LogP contribution in [0.15, 0.2) is 41.6 Å². The number of ether oxygens (including phenoxy) is 2. The summed E-state index contributed by atoms with van der Waals surface area (Å²) >= 11 is 0. The SMILES string of the molecule is O/N=C/c1c(OCC2CO2)ccc2ccccc12. The third kappa shape index (κ3) is 2.15. The first kappa shape index (κ1) is 11.0. The van der Waals surface area contributed by atoms with E-state index in [1.165, 1.54) is 6.21 Å². The van der Waals surface area contributed by atoms with E-state index >= 15 is 0 Å². The molecule has 0 spiro atoms. The lowest BCUT2D eigenvalue weighted by molar-refractivity contribution is 0.263. The summed E-state index contributed by atoms with van der Waals surface area (Å²) in [6, 6.07) is 11.8. The minimum atomic E-state index is 0.204. The van der Waals surface area contributed by atoms with E-state index in [0.717, 1.165) is 22.9 Å². The standard InChI is InChI=1S/C14H13NO3/c16-15-7-13-12-4-2-1-3-10(12)5-6-14(13)18-9-11-8-17-11/h1-7,11,16H,8-9H2/b15-7+. The van der Waals surface area contributed by atoms with Crippen LogP contribution in [0.4, 0.5) is 0 Å². The highest BCUT2D eigenvalue weighted by molar-refractivity contribution is 6.02. The third-order valence-corrected chi connectivity index (χ3v) is 2.94. The third-order valence-electron chi connectivity index (χ3n) is 2.94. The van der Waals surface area contributed by atoms with Gasteiger partial charge in [0.1, 0.15) is 18.5 Å². The summed E-state index contributed by atoms with van der Waals surface area (Å²) in [4.78, 5) is 0. The Morgan fingerprint density at radius 2 is 2.17 bits per heavy atom. The fraction of sp³-hybridized carbons (Fsp3) is 0.214. The Morgan fingerprint density at radius 3 is 2.94 bits per heavy atom. The molecule has 3 rings (SSSR count). The van der Waals surface area contributed by atoms with Gasteiger partial charge in [0.2, 0.25) is 0 Å². The van der Waals surface area contributed by atoms with Crippen molar-refractivity contribution < 1.29 is 14.7 Å². The maximum atomic E-state index is 8.78. The Hall–Kier alpha value is -2.07. The van der Waals surface area contributed by atoms with Gasteiger partial charge in [-0.3, -0.25) is 0 Å². The zero-order chi connectivity index (χ0) is 12.4. The van der Waals surface area contributed by atoms with Crippen molar-refractivity contribution in [3.8, 4) is 5.75 Å². The van der Waals surface area contributed by atoms with Crippen molar-refractivity contribution in [1.29, 1.82) is 0 Å². The number of hydrogen-bond donors (Lipinski definition) is 1. The van der Waals surface area contributed by atoms with E-state index in [2.05, 4.69) is 5.16 Å². The largest absolute Gasteiger partial charge is 0.490 e. The molecule has 1 N–H and O–H groups in total. The van der Waals surface area contributed by atoms with Crippen LogP contribution < -0.4 is 4.74 Å². The van der Waals surface area contributed by atoms with Crippen LogP contribution in [0.3, 0.4) is 0 Å². The van der Waals surface area contributed by atoms with Crippen LogP contribution >= 0.6 is 0 Å². The predicted octanol–water partition coefficient (Wildman–Crippen LogP) is 2.43. The second kappa shape index (κ2) is 4.66. The van der Waals surface area contributed by atoms with Crippen LogP contribution in [0, 0.1) is 0 Å². The number of rotatable bonds is 4. The number of nitrogens with zero attached hydrogens (tertiary/aromatic N) is 1. The first-order valence-electron chi connectivity index (χ1n) is 5.82. The van der Waals surface area contributed by atoms with Crippen molar-refractivity contribution in [3.05, 3.63) is 42.0 Å². The van der Waals surface area contributed by atoms with E-state index in [-0.39, 0.29) is 6.10 Å². The van der Waals surface area contributed by atoms with Crippen LogP contribution in [-0.2, 0) is 4.74 Å². The summed E-state index contributed by atoms with van der Waals surface area (Å²) < 4.78 is 10.8. The van der Waals surface area contributed by atoms with E-state index < -0.39 is 0 Å². The van der Waals surface area contributed by atoms with Gasteiger partial charge in [0.15, 0.2) is 0 Å². The van der Waals surface area contributed by atoms with Crippen LogP contribution in [-0.4, -0.2) is 30.7 Å². The quantitative estimate of drug-likeness (QED) is 0.388. The molecule has 1 heterocycles. The fourth-order valence-electron chi connectivity index (χ4n) is 1.94. The summed E-state index contributed by atoms with van der Waals surface area (Å²) in [6.07, 6.45) is 1.61. The van der Waals surface area contributed by atoms with Crippen molar-refractivity contribution in [1.82, 2.24) is 0 Å². The molecule has 0 aliphatic carbocycles. The van der Waals surface area contributed by atoms with Crippen molar-refractivity contribution in [3.63, 3.8) is 0 Å². The second-order valence-electron chi connectivity index (χ2n) is 4.21. The summed E-state index contributed by atoms with van der Waals surface area (Å²) in [7, 11) is 0. The molecule has 0 aromatic heterocycles. The maximum Gasteiger partial charge on any atom is 0.128 e. The lowest BCUT2D eigenvalue weighted by Crippen LogP contribution is -2.06. The summed E-state index contributed by atoms with van der Waals surface area (Å²) in [5, 5.41) is 14.0. The van der Waals surface area contributed by atoms with Crippen molar-refractivity contribution in [2.24, 2.45) is 5.16 Å². The zero-order valence-electron chi connectivity index (χ0n) is 9.74. The van der Waals surface area contributed by atoms with Crippen LogP contribution in [0.25, 0.3) is 10.8 Å². The van der Waals surface area contributed by atoms with Gasteiger partial charge in [-0.25, -0.2) is 0 Å². The molecule has 2 aromatic carbocycles. The van der Waals surface area contributed by atoms with Gasteiger partial charge in [-0.15, -0.1) is 0 Å². The van der Waals surface area contributed by atoms with Crippen molar-refractivity contribution in [2.75, 3.05) is 13.2 Å². The average molecular weight is 243 g/mol. The number of hydrogen-bond acceptors (Lipinski definition) is 4. The van der Waals surface area contributed by atoms with E-state index in [0.29, 0.717) is 12.4 Å². The number of fused-ring (bicyclic) bond motifs is 1. The first-order valence-corrected chi connectivity index (χ1v) is 5.82. The molecule has 0 bridgehead atoms. The van der Waals surface area contributed by atoms with Gasteiger partial charge in [-0.05, 0) is 16.8 Å². The Balaban J connectivity index is 2.02. The molecule has 1 unspecified atom stereocenters. The molecule has 18 heavy (non-hydrogen) atoms. The van der Waals surface area contributed by atoms with Crippen molar-refractivity contribution in [2.45, 2.75) is 6.10 Å². The lowest BCUT2D eigenvalue weighted by Gasteiger charge is -2.10. The summed E-state index contributed by atoms with van der Waals surface area (Å²) in [5.74, 6) is 0.710. The van der Waals surface area contributed by atoms with Gasteiger partial charge in [0, 0.05) is 5.56 Å². The average Bonchev–Trinajstić information content (AvgIpc) is 3.22. The molecule has 0 saturated carbocycles. The number of benzene rings is 2.